The van der Waals surface area contributed by atoms with Gasteiger partial charge in [0, 0.05) is 25.3 Å². The number of hydrogen-bond acceptors (Lipinski definition) is 5. The van der Waals surface area contributed by atoms with Gasteiger partial charge >= 0.3 is 0 Å². The van der Waals surface area contributed by atoms with Crippen molar-refractivity contribution in [3.63, 3.8) is 0 Å². The van der Waals surface area contributed by atoms with Gasteiger partial charge in [-0.3, -0.25) is 4.79 Å². The number of piperidine rings is 1. The Morgan fingerprint density at radius 2 is 2.20 bits per heavy atom. The molecule has 2 N–H and O–H groups in total. The first-order valence-corrected chi connectivity index (χ1v) is 8.73. The highest BCUT2D eigenvalue weighted by molar-refractivity contribution is 5.90. The molecular formula is C19H25N3O3. The van der Waals surface area contributed by atoms with Crippen LogP contribution >= 0.6 is 0 Å². The Balaban J connectivity index is 1.57. The molecule has 6 nitrogen and oxygen atoms in total. The number of nitrogens with zero attached hydrogens (tertiary/aromatic N) is 1. The van der Waals surface area contributed by atoms with Gasteiger partial charge in [0.05, 0.1) is 5.69 Å². The molecule has 2 atom stereocenters. The van der Waals surface area contributed by atoms with Gasteiger partial charge in [0.15, 0.2) is 5.76 Å². The maximum Gasteiger partial charge on any atom is 0.224 e. The average Bonchev–Trinajstić information content (AvgIpc) is 3.05. The fraction of sp³-hybridized carbons (Fsp3) is 0.474. The number of aromatic nitrogens is 1. The molecule has 1 aliphatic heterocycles. The molecule has 1 aliphatic rings. The number of anilines is 1. The van der Waals surface area contributed by atoms with E-state index in [4.69, 9.17) is 9.26 Å². The maximum atomic E-state index is 12.4. The maximum absolute atomic E-state index is 12.4. The van der Waals surface area contributed by atoms with Crippen LogP contribution in [0.5, 0.6) is 0 Å². The van der Waals surface area contributed by atoms with E-state index in [9.17, 15) is 4.79 Å². The van der Waals surface area contributed by atoms with Crippen LogP contribution in [0.3, 0.4) is 0 Å². The Morgan fingerprint density at radius 1 is 1.36 bits per heavy atom. The van der Waals surface area contributed by atoms with Crippen LogP contribution in [0.4, 0.5) is 5.69 Å². The molecule has 6 heteroatoms. The summed E-state index contributed by atoms with van der Waals surface area (Å²) in [5, 5.41) is 10.5. The third-order valence-electron chi connectivity index (χ3n) is 4.64. The summed E-state index contributed by atoms with van der Waals surface area (Å²) in [6, 6.07) is 11.5. The minimum atomic E-state index is 0.0725. The van der Waals surface area contributed by atoms with Crippen LogP contribution in [0.1, 0.15) is 24.3 Å². The van der Waals surface area contributed by atoms with Crippen molar-refractivity contribution in [2.75, 3.05) is 25.5 Å². The van der Waals surface area contributed by atoms with Crippen LogP contribution < -0.4 is 10.6 Å². The van der Waals surface area contributed by atoms with Crippen molar-refractivity contribution in [3.05, 3.63) is 47.9 Å². The molecule has 1 amide bonds. The lowest BCUT2D eigenvalue weighted by molar-refractivity contribution is -0.117. The fourth-order valence-electron chi connectivity index (χ4n) is 3.39. The molecular weight excluding hydrogens is 318 g/mol. The van der Waals surface area contributed by atoms with Crippen molar-refractivity contribution in [3.8, 4) is 0 Å². The van der Waals surface area contributed by atoms with Gasteiger partial charge in [0.1, 0.15) is 6.61 Å². The van der Waals surface area contributed by atoms with Gasteiger partial charge in [-0.25, -0.2) is 0 Å². The summed E-state index contributed by atoms with van der Waals surface area (Å²) in [5.74, 6) is 1.52. The highest BCUT2D eigenvalue weighted by Crippen LogP contribution is 2.26. The standard InChI is InChI=1S/C19H25N3O3/c1-24-13-18-11-17(22-25-18)9-15-12-20-8-7-14(15)10-19(23)21-16-5-3-2-4-6-16/h2-6,11,14-15,20H,7-10,12-13H2,1H3,(H,21,23)/t14-,15-/m0/s1. The summed E-state index contributed by atoms with van der Waals surface area (Å²) in [6.45, 7) is 2.28. The summed E-state index contributed by atoms with van der Waals surface area (Å²) in [4.78, 5) is 12.4. The number of amides is 1. The van der Waals surface area contributed by atoms with Crippen molar-refractivity contribution in [2.45, 2.75) is 25.9 Å². The predicted molar refractivity (Wildman–Crippen MR) is 95.1 cm³/mol. The van der Waals surface area contributed by atoms with E-state index in [0.29, 0.717) is 24.9 Å². The van der Waals surface area contributed by atoms with Crippen molar-refractivity contribution < 1.29 is 14.1 Å². The number of carbonyl (C=O) groups excluding carboxylic acids is 1. The van der Waals surface area contributed by atoms with E-state index in [2.05, 4.69) is 15.8 Å². The molecule has 0 aliphatic carbocycles. The highest BCUT2D eigenvalue weighted by atomic mass is 16.5. The molecule has 0 radical (unpaired) electrons. The Morgan fingerprint density at radius 3 is 3.00 bits per heavy atom. The number of methoxy groups -OCH3 is 1. The zero-order chi connectivity index (χ0) is 17.5. The summed E-state index contributed by atoms with van der Waals surface area (Å²) in [7, 11) is 1.63. The average molecular weight is 343 g/mol. The minimum Gasteiger partial charge on any atom is -0.377 e. The molecule has 1 aromatic carbocycles. The normalized spacial score (nSPS) is 20.4. The van der Waals surface area contributed by atoms with Crippen LogP contribution in [0.2, 0.25) is 0 Å². The number of hydrogen-bond donors (Lipinski definition) is 2. The van der Waals surface area contributed by atoms with Crippen LogP contribution in [0.25, 0.3) is 0 Å². The largest absolute Gasteiger partial charge is 0.377 e. The molecule has 0 saturated carbocycles. The van der Waals surface area contributed by atoms with E-state index in [1.807, 2.05) is 36.4 Å². The summed E-state index contributed by atoms with van der Waals surface area (Å²) >= 11 is 0. The molecule has 2 heterocycles. The van der Waals surface area contributed by atoms with Crippen LogP contribution in [-0.2, 0) is 22.6 Å². The van der Waals surface area contributed by atoms with Crippen molar-refractivity contribution in [2.24, 2.45) is 11.8 Å². The van der Waals surface area contributed by atoms with Crippen LogP contribution in [0.15, 0.2) is 40.9 Å². The van der Waals surface area contributed by atoms with Gasteiger partial charge in [0.25, 0.3) is 0 Å². The predicted octanol–water partition coefficient (Wildman–Crippen LogP) is 2.62. The monoisotopic (exact) mass is 343 g/mol. The second-order valence-electron chi connectivity index (χ2n) is 6.55. The number of nitrogens with one attached hydrogen (secondary N) is 2. The van der Waals surface area contributed by atoms with E-state index in [1.54, 1.807) is 7.11 Å². The highest BCUT2D eigenvalue weighted by Gasteiger charge is 2.28. The van der Waals surface area contributed by atoms with Crippen molar-refractivity contribution >= 4 is 11.6 Å². The Labute approximate surface area is 147 Å². The molecule has 3 rings (SSSR count). The van der Waals surface area contributed by atoms with Gasteiger partial charge in [-0.15, -0.1) is 0 Å². The molecule has 2 aromatic rings. The zero-order valence-electron chi connectivity index (χ0n) is 14.5. The minimum absolute atomic E-state index is 0.0725. The summed E-state index contributed by atoms with van der Waals surface area (Å²) in [5.41, 5.74) is 1.77. The van der Waals surface area contributed by atoms with E-state index in [-0.39, 0.29) is 5.91 Å². The van der Waals surface area contributed by atoms with Gasteiger partial charge in [0.2, 0.25) is 5.91 Å². The molecule has 1 aromatic heterocycles. The molecule has 0 bridgehead atoms. The lowest BCUT2D eigenvalue weighted by Crippen LogP contribution is -2.39. The smallest absolute Gasteiger partial charge is 0.224 e. The second-order valence-corrected chi connectivity index (χ2v) is 6.55. The van der Waals surface area contributed by atoms with E-state index < -0.39 is 0 Å². The summed E-state index contributed by atoms with van der Waals surface area (Å²) in [6.07, 6.45) is 2.34. The number of benzene rings is 1. The first-order valence-electron chi connectivity index (χ1n) is 8.73. The Bertz CT molecular complexity index is 672. The fourth-order valence-corrected chi connectivity index (χ4v) is 3.39. The number of ether oxygens (including phenoxy) is 1. The third kappa shape index (κ3) is 5.14. The molecule has 1 fully saturated rings. The van der Waals surface area contributed by atoms with Gasteiger partial charge in [-0.05, 0) is 49.9 Å². The topological polar surface area (TPSA) is 76.4 Å². The van der Waals surface area contributed by atoms with Crippen molar-refractivity contribution in [1.82, 2.24) is 10.5 Å². The lowest BCUT2D eigenvalue weighted by Gasteiger charge is -2.31. The van der Waals surface area contributed by atoms with Gasteiger partial charge < -0.3 is 19.9 Å². The first kappa shape index (κ1) is 17.6. The Kier molecular flexibility index (Phi) is 6.19. The Hall–Kier alpha value is -2.18. The first-order chi connectivity index (χ1) is 12.2. The SMILES string of the molecule is COCc1cc(C[C@H]2CNCC[C@H]2CC(=O)Nc2ccccc2)no1. The second kappa shape index (κ2) is 8.78. The molecule has 134 valence electrons. The number of para-hydroxylation sites is 1. The number of rotatable bonds is 7. The molecule has 0 spiro atoms. The lowest BCUT2D eigenvalue weighted by atomic mass is 9.81. The zero-order valence-corrected chi connectivity index (χ0v) is 14.5. The number of carbonyl (C=O) groups is 1. The van der Waals surface area contributed by atoms with Gasteiger partial charge in [-0.2, -0.15) is 0 Å². The van der Waals surface area contributed by atoms with E-state index in [0.717, 1.165) is 43.1 Å². The van der Waals surface area contributed by atoms with Crippen LogP contribution in [0, 0.1) is 11.8 Å². The summed E-state index contributed by atoms with van der Waals surface area (Å²) < 4.78 is 10.3. The molecule has 25 heavy (non-hydrogen) atoms. The van der Waals surface area contributed by atoms with Gasteiger partial charge in [-0.1, -0.05) is 23.4 Å². The van der Waals surface area contributed by atoms with E-state index in [1.165, 1.54) is 0 Å². The quantitative estimate of drug-likeness (QED) is 0.808. The molecule has 0 unspecified atom stereocenters. The van der Waals surface area contributed by atoms with Crippen LogP contribution in [-0.4, -0.2) is 31.3 Å². The van der Waals surface area contributed by atoms with Crippen molar-refractivity contribution in [1.29, 1.82) is 0 Å². The molecule has 1 saturated heterocycles. The van der Waals surface area contributed by atoms with E-state index >= 15 is 0 Å². The third-order valence-corrected chi connectivity index (χ3v) is 4.64.